The number of hydrogen-bond acceptors (Lipinski definition) is 2. The highest BCUT2D eigenvalue weighted by Crippen LogP contribution is 2.33. The molecule has 0 radical (unpaired) electrons. The molecule has 84 valence electrons. The van der Waals surface area contributed by atoms with Crippen LogP contribution in [0.15, 0.2) is 12.1 Å². The van der Waals surface area contributed by atoms with Gasteiger partial charge in [-0.15, -0.1) is 0 Å². The molecule has 0 fully saturated rings. The first-order valence-corrected chi connectivity index (χ1v) is 5.85. The SMILES string of the molecule is COc1cc(C)c(C(C)S)cc1C(C)C. The van der Waals surface area contributed by atoms with E-state index in [0.29, 0.717) is 5.92 Å². The first kappa shape index (κ1) is 12.4. The summed E-state index contributed by atoms with van der Waals surface area (Å²) in [6.45, 7) is 8.57. The number of methoxy groups -OCH3 is 1. The Bertz CT molecular complexity index is 343. The van der Waals surface area contributed by atoms with Crippen LogP contribution >= 0.6 is 12.6 Å². The maximum atomic E-state index is 5.40. The minimum Gasteiger partial charge on any atom is -0.496 e. The molecular weight excluding hydrogens is 204 g/mol. The van der Waals surface area contributed by atoms with E-state index in [1.165, 1.54) is 16.7 Å². The van der Waals surface area contributed by atoms with Gasteiger partial charge in [0.1, 0.15) is 5.75 Å². The lowest BCUT2D eigenvalue weighted by atomic mass is 9.95. The van der Waals surface area contributed by atoms with Crippen LogP contribution in [0.2, 0.25) is 0 Å². The smallest absolute Gasteiger partial charge is 0.122 e. The van der Waals surface area contributed by atoms with Gasteiger partial charge in [-0.05, 0) is 42.5 Å². The summed E-state index contributed by atoms with van der Waals surface area (Å²) in [4.78, 5) is 0. The van der Waals surface area contributed by atoms with Crippen LogP contribution < -0.4 is 4.74 Å². The molecular formula is C13H20OS. The molecule has 0 aliphatic heterocycles. The Morgan fingerprint density at radius 1 is 1.13 bits per heavy atom. The largest absolute Gasteiger partial charge is 0.496 e. The fourth-order valence-electron chi connectivity index (χ4n) is 1.79. The summed E-state index contributed by atoms with van der Waals surface area (Å²) >= 11 is 4.50. The quantitative estimate of drug-likeness (QED) is 0.760. The lowest BCUT2D eigenvalue weighted by molar-refractivity contribution is 0.407. The molecule has 0 saturated heterocycles. The summed E-state index contributed by atoms with van der Waals surface area (Å²) in [6.07, 6.45) is 0. The van der Waals surface area contributed by atoms with Gasteiger partial charge in [0.15, 0.2) is 0 Å². The highest BCUT2D eigenvalue weighted by Gasteiger charge is 2.12. The second-order valence-corrected chi connectivity index (χ2v) is 5.06. The average molecular weight is 224 g/mol. The summed E-state index contributed by atoms with van der Waals surface area (Å²) in [5.74, 6) is 1.46. The Morgan fingerprint density at radius 2 is 1.73 bits per heavy atom. The molecule has 1 nitrogen and oxygen atoms in total. The van der Waals surface area contributed by atoms with Crippen molar-refractivity contribution in [2.45, 2.75) is 38.9 Å². The van der Waals surface area contributed by atoms with Crippen molar-refractivity contribution >= 4 is 12.6 Å². The zero-order chi connectivity index (χ0) is 11.6. The fourth-order valence-corrected chi connectivity index (χ4v) is 2.07. The molecule has 1 rings (SSSR count). The van der Waals surface area contributed by atoms with Crippen LogP contribution in [0.5, 0.6) is 5.75 Å². The number of aryl methyl sites for hydroxylation is 1. The molecule has 0 N–H and O–H groups in total. The number of rotatable bonds is 3. The minimum atomic E-state index is 0.272. The van der Waals surface area contributed by atoms with Gasteiger partial charge in [0.05, 0.1) is 7.11 Å². The van der Waals surface area contributed by atoms with Crippen LogP contribution in [0.1, 0.15) is 48.6 Å². The average Bonchev–Trinajstić information content (AvgIpc) is 2.16. The van der Waals surface area contributed by atoms with Gasteiger partial charge in [0.2, 0.25) is 0 Å². The van der Waals surface area contributed by atoms with Crippen LogP contribution in [-0.4, -0.2) is 7.11 Å². The molecule has 0 saturated carbocycles. The van der Waals surface area contributed by atoms with E-state index in [1.807, 2.05) is 0 Å². The van der Waals surface area contributed by atoms with Gasteiger partial charge in [-0.3, -0.25) is 0 Å². The van der Waals surface area contributed by atoms with E-state index in [-0.39, 0.29) is 5.25 Å². The normalized spacial score (nSPS) is 13.0. The topological polar surface area (TPSA) is 9.23 Å². The lowest BCUT2D eigenvalue weighted by Gasteiger charge is -2.17. The molecule has 0 aliphatic rings. The van der Waals surface area contributed by atoms with Crippen molar-refractivity contribution in [1.82, 2.24) is 0 Å². The van der Waals surface area contributed by atoms with Crippen molar-refractivity contribution in [3.63, 3.8) is 0 Å². The van der Waals surface area contributed by atoms with Crippen molar-refractivity contribution in [1.29, 1.82) is 0 Å². The molecule has 15 heavy (non-hydrogen) atoms. The molecule has 0 aromatic heterocycles. The molecule has 1 aromatic carbocycles. The van der Waals surface area contributed by atoms with Crippen LogP contribution in [0.25, 0.3) is 0 Å². The Balaban J connectivity index is 3.30. The summed E-state index contributed by atoms with van der Waals surface area (Å²) in [7, 11) is 1.73. The fraction of sp³-hybridized carbons (Fsp3) is 0.538. The second kappa shape index (κ2) is 4.93. The van der Waals surface area contributed by atoms with Crippen molar-refractivity contribution < 1.29 is 4.74 Å². The van der Waals surface area contributed by atoms with Crippen molar-refractivity contribution in [2.75, 3.05) is 7.11 Å². The maximum Gasteiger partial charge on any atom is 0.122 e. The molecule has 0 spiro atoms. The van der Waals surface area contributed by atoms with E-state index in [1.54, 1.807) is 7.11 Å². The predicted molar refractivity (Wildman–Crippen MR) is 69.2 cm³/mol. The Hall–Kier alpha value is -0.630. The van der Waals surface area contributed by atoms with Gasteiger partial charge in [-0.2, -0.15) is 12.6 Å². The summed E-state index contributed by atoms with van der Waals surface area (Å²) in [5, 5.41) is 0.272. The van der Waals surface area contributed by atoms with E-state index in [2.05, 4.69) is 52.5 Å². The zero-order valence-corrected chi connectivity index (χ0v) is 11.1. The van der Waals surface area contributed by atoms with Gasteiger partial charge >= 0.3 is 0 Å². The van der Waals surface area contributed by atoms with E-state index in [0.717, 1.165) is 5.75 Å². The highest BCUT2D eigenvalue weighted by atomic mass is 32.1. The molecule has 0 aliphatic carbocycles. The Labute approximate surface area is 98.3 Å². The third-order valence-electron chi connectivity index (χ3n) is 2.69. The van der Waals surface area contributed by atoms with Gasteiger partial charge in [0.25, 0.3) is 0 Å². The number of ether oxygens (including phenoxy) is 1. The van der Waals surface area contributed by atoms with E-state index < -0.39 is 0 Å². The molecule has 0 bridgehead atoms. The second-order valence-electron chi connectivity index (χ2n) is 4.28. The van der Waals surface area contributed by atoms with Gasteiger partial charge in [-0.1, -0.05) is 19.9 Å². The van der Waals surface area contributed by atoms with Crippen LogP contribution in [0.4, 0.5) is 0 Å². The molecule has 1 unspecified atom stereocenters. The van der Waals surface area contributed by atoms with E-state index in [9.17, 15) is 0 Å². The van der Waals surface area contributed by atoms with Crippen LogP contribution in [-0.2, 0) is 0 Å². The summed E-state index contributed by atoms with van der Waals surface area (Å²) in [6, 6.07) is 4.33. The van der Waals surface area contributed by atoms with E-state index in [4.69, 9.17) is 4.74 Å². The van der Waals surface area contributed by atoms with Crippen LogP contribution in [0, 0.1) is 6.92 Å². The van der Waals surface area contributed by atoms with Crippen LogP contribution in [0.3, 0.4) is 0 Å². The zero-order valence-electron chi connectivity index (χ0n) is 10.2. The number of hydrogen-bond donors (Lipinski definition) is 1. The molecule has 0 heterocycles. The lowest BCUT2D eigenvalue weighted by Crippen LogP contribution is -1.99. The highest BCUT2D eigenvalue weighted by molar-refractivity contribution is 7.80. The van der Waals surface area contributed by atoms with Crippen molar-refractivity contribution in [2.24, 2.45) is 0 Å². The standard InChI is InChI=1S/C13H20OS/c1-8(2)11-7-12(10(4)15)9(3)6-13(11)14-5/h6-8,10,15H,1-5H3. The predicted octanol–water partition coefficient (Wildman–Crippen LogP) is 4.12. The van der Waals surface area contributed by atoms with Crippen molar-refractivity contribution in [3.8, 4) is 5.75 Å². The molecule has 1 aromatic rings. The Morgan fingerprint density at radius 3 is 2.13 bits per heavy atom. The van der Waals surface area contributed by atoms with Gasteiger partial charge in [0, 0.05) is 5.25 Å². The van der Waals surface area contributed by atoms with Crippen molar-refractivity contribution in [3.05, 3.63) is 28.8 Å². The summed E-state index contributed by atoms with van der Waals surface area (Å²) in [5.41, 5.74) is 3.81. The molecule has 1 atom stereocenters. The van der Waals surface area contributed by atoms with Gasteiger partial charge in [-0.25, -0.2) is 0 Å². The third kappa shape index (κ3) is 2.69. The molecule has 0 amide bonds. The maximum absolute atomic E-state index is 5.40. The first-order valence-electron chi connectivity index (χ1n) is 5.33. The number of benzene rings is 1. The first-order chi connectivity index (χ1) is 6.97. The van der Waals surface area contributed by atoms with E-state index >= 15 is 0 Å². The minimum absolute atomic E-state index is 0.272. The molecule has 2 heteroatoms. The number of thiol groups is 1. The Kier molecular flexibility index (Phi) is 4.09. The van der Waals surface area contributed by atoms with Gasteiger partial charge < -0.3 is 4.74 Å². The monoisotopic (exact) mass is 224 g/mol. The summed E-state index contributed by atoms with van der Waals surface area (Å²) < 4.78 is 5.40. The third-order valence-corrected chi connectivity index (χ3v) is 2.97.